The maximum absolute atomic E-state index is 13.2. The largest absolute Gasteiger partial charge is 0.493 e. The fourth-order valence-electron chi connectivity index (χ4n) is 5.21. The smallest absolute Gasteiger partial charge is 0.289 e. The molecule has 3 N–H and O–H groups in total. The summed E-state index contributed by atoms with van der Waals surface area (Å²) in [5.74, 6) is 0.838. The highest BCUT2D eigenvalue weighted by Gasteiger charge is 2.43. The second kappa shape index (κ2) is 9.22. The van der Waals surface area contributed by atoms with Gasteiger partial charge in [0.25, 0.3) is 11.8 Å². The van der Waals surface area contributed by atoms with Crippen molar-refractivity contribution in [2.45, 2.75) is 19.3 Å². The van der Waals surface area contributed by atoms with E-state index in [9.17, 15) is 9.59 Å². The van der Waals surface area contributed by atoms with Crippen LogP contribution in [0.15, 0.2) is 52.9 Å². The zero-order valence-electron chi connectivity index (χ0n) is 19.6. The first-order valence-corrected chi connectivity index (χ1v) is 12.1. The van der Waals surface area contributed by atoms with Gasteiger partial charge in [0.05, 0.1) is 7.11 Å². The van der Waals surface area contributed by atoms with Crippen LogP contribution in [0.3, 0.4) is 0 Å². The van der Waals surface area contributed by atoms with E-state index in [1.54, 1.807) is 19.2 Å². The van der Waals surface area contributed by atoms with Gasteiger partial charge in [0.2, 0.25) is 0 Å². The number of anilines is 1. The number of hydrogen-bond donors (Lipinski definition) is 2. The van der Waals surface area contributed by atoms with E-state index in [-0.39, 0.29) is 22.3 Å². The average Bonchev–Trinajstić information content (AvgIpc) is 3.48. The number of likely N-dealkylation sites (tertiary alicyclic amines) is 2. The van der Waals surface area contributed by atoms with Crippen LogP contribution in [0.25, 0.3) is 11.0 Å². The zero-order chi connectivity index (χ0) is 24.6. The minimum absolute atomic E-state index is 0.00296. The molecule has 0 saturated carbocycles. The van der Waals surface area contributed by atoms with E-state index in [4.69, 9.17) is 27.1 Å². The van der Waals surface area contributed by atoms with Crippen LogP contribution in [0, 0.1) is 5.41 Å². The second-order valence-corrected chi connectivity index (χ2v) is 9.77. The van der Waals surface area contributed by atoms with E-state index in [1.165, 1.54) is 0 Å². The highest BCUT2D eigenvalue weighted by molar-refractivity contribution is 7.80. The average molecular weight is 493 g/mol. The molecule has 2 aliphatic rings. The SMILES string of the molecule is COc1cccc2cc(C(=O)N3CCC4(CCN(C(=O)c5cccc(NC(N)=S)c5)C4)CC3)oc12. The van der Waals surface area contributed by atoms with Gasteiger partial charge in [-0.1, -0.05) is 18.2 Å². The first kappa shape index (κ1) is 23.2. The van der Waals surface area contributed by atoms with Gasteiger partial charge < -0.3 is 30.0 Å². The molecule has 0 aliphatic carbocycles. The predicted octanol–water partition coefficient (Wildman–Crippen LogP) is 3.87. The van der Waals surface area contributed by atoms with Crippen molar-refractivity contribution in [3.63, 3.8) is 0 Å². The summed E-state index contributed by atoms with van der Waals surface area (Å²) in [4.78, 5) is 30.1. The first-order valence-electron chi connectivity index (χ1n) is 11.7. The number of ether oxygens (including phenoxy) is 1. The molecular weight excluding hydrogens is 464 g/mol. The standard InChI is InChI=1S/C26H28N4O4S/c1-33-20-7-3-4-17-15-21(34-22(17)20)24(32)29-11-8-26(9-12-29)10-13-30(16-26)23(31)18-5-2-6-19(14-18)28-25(27)35/h2-7,14-15H,8-13,16H2,1H3,(H3,27,28,35). The van der Waals surface area contributed by atoms with Crippen LogP contribution >= 0.6 is 12.2 Å². The van der Waals surface area contributed by atoms with E-state index < -0.39 is 0 Å². The number of rotatable bonds is 4. The van der Waals surface area contributed by atoms with Crippen molar-refractivity contribution in [2.75, 3.05) is 38.6 Å². The summed E-state index contributed by atoms with van der Waals surface area (Å²) >= 11 is 4.89. The monoisotopic (exact) mass is 492 g/mol. The third-order valence-electron chi connectivity index (χ3n) is 7.15. The van der Waals surface area contributed by atoms with Crippen LogP contribution < -0.4 is 15.8 Å². The Bertz CT molecular complexity index is 1300. The Hall–Kier alpha value is -3.59. The van der Waals surface area contributed by atoms with Gasteiger partial charge in [-0.25, -0.2) is 0 Å². The van der Waals surface area contributed by atoms with E-state index >= 15 is 0 Å². The fourth-order valence-corrected chi connectivity index (χ4v) is 5.33. The lowest BCUT2D eigenvalue weighted by Gasteiger charge is -2.39. The summed E-state index contributed by atoms with van der Waals surface area (Å²) in [5.41, 5.74) is 7.49. The Morgan fingerprint density at radius 2 is 1.74 bits per heavy atom. The number of nitrogens with two attached hydrogens (primary N) is 1. The quantitative estimate of drug-likeness (QED) is 0.533. The molecule has 2 aliphatic heterocycles. The number of hydrogen-bond acceptors (Lipinski definition) is 5. The van der Waals surface area contributed by atoms with Gasteiger partial charge in [0, 0.05) is 42.8 Å². The molecule has 0 bridgehead atoms. The third kappa shape index (κ3) is 4.55. The molecule has 2 fully saturated rings. The number of nitrogens with one attached hydrogen (secondary N) is 1. The van der Waals surface area contributed by atoms with Gasteiger partial charge in [0.15, 0.2) is 22.2 Å². The van der Waals surface area contributed by atoms with Crippen LogP contribution in [0.4, 0.5) is 5.69 Å². The predicted molar refractivity (Wildman–Crippen MR) is 138 cm³/mol. The molecule has 1 spiro atoms. The van der Waals surface area contributed by atoms with Gasteiger partial charge in [-0.15, -0.1) is 0 Å². The van der Waals surface area contributed by atoms with E-state index in [2.05, 4.69) is 5.32 Å². The molecule has 0 unspecified atom stereocenters. The van der Waals surface area contributed by atoms with Crippen LogP contribution in [-0.4, -0.2) is 60.0 Å². The number of carbonyl (C=O) groups excluding carboxylic acids is 2. The molecule has 35 heavy (non-hydrogen) atoms. The molecule has 3 heterocycles. The van der Waals surface area contributed by atoms with Gasteiger partial charge >= 0.3 is 0 Å². The molecule has 182 valence electrons. The van der Waals surface area contributed by atoms with Crippen molar-refractivity contribution >= 4 is 45.8 Å². The molecule has 2 aromatic carbocycles. The van der Waals surface area contributed by atoms with Crippen molar-refractivity contribution in [3.05, 3.63) is 59.9 Å². The molecule has 5 rings (SSSR count). The number of furan rings is 1. The Labute approximate surface area is 209 Å². The van der Waals surface area contributed by atoms with Crippen LogP contribution in [-0.2, 0) is 0 Å². The van der Waals surface area contributed by atoms with Gasteiger partial charge in [-0.3, -0.25) is 9.59 Å². The number of nitrogens with zero attached hydrogens (tertiary/aromatic N) is 2. The van der Waals surface area contributed by atoms with E-state index in [0.717, 1.165) is 24.6 Å². The lowest BCUT2D eigenvalue weighted by molar-refractivity contribution is 0.0542. The third-order valence-corrected chi connectivity index (χ3v) is 7.25. The van der Waals surface area contributed by atoms with Crippen molar-refractivity contribution in [1.29, 1.82) is 0 Å². The lowest BCUT2D eigenvalue weighted by Crippen LogP contribution is -2.44. The fraction of sp³-hybridized carbons (Fsp3) is 0.346. The number of thiocarbonyl (C=S) groups is 1. The van der Waals surface area contributed by atoms with Crippen molar-refractivity contribution < 1.29 is 18.7 Å². The lowest BCUT2D eigenvalue weighted by atomic mass is 9.77. The Morgan fingerprint density at radius 1 is 1.03 bits per heavy atom. The molecule has 8 nitrogen and oxygen atoms in total. The van der Waals surface area contributed by atoms with Gasteiger partial charge in [0.1, 0.15) is 0 Å². The normalized spacial score (nSPS) is 17.1. The van der Waals surface area contributed by atoms with Gasteiger partial charge in [-0.05, 0) is 67.2 Å². The number of amides is 2. The van der Waals surface area contributed by atoms with Crippen LogP contribution in [0.5, 0.6) is 5.75 Å². The second-order valence-electron chi connectivity index (χ2n) is 9.33. The number of para-hydroxylation sites is 1. The number of methoxy groups -OCH3 is 1. The summed E-state index contributed by atoms with van der Waals surface area (Å²) in [5, 5.41) is 3.89. The van der Waals surface area contributed by atoms with Crippen molar-refractivity contribution in [3.8, 4) is 5.75 Å². The summed E-state index contributed by atoms with van der Waals surface area (Å²) in [6.07, 6.45) is 2.65. The Balaban J connectivity index is 1.22. The van der Waals surface area contributed by atoms with E-state index in [1.807, 2.05) is 46.2 Å². The number of fused-ring (bicyclic) bond motifs is 1. The molecule has 1 aromatic heterocycles. The highest BCUT2D eigenvalue weighted by atomic mass is 32.1. The maximum atomic E-state index is 13.2. The number of piperidine rings is 1. The summed E-state index contributed by atoms with van der Waals surface area (Å²) in [6.45, 7) is 2.69. The minimum Gasteiger partial charge on any atom is -0.493 e. The first-order chi connectivity index (χ1) is 16.9. The van der Waals surface area contributed by atoms with Crippen LogP contribution in [0.2, 0.25) is 0 Å². The molecule has 0 atom stereocenters. The van der Waals surface area contributed by atoms with Crippen molar-refractivity contribution in [2.24, 2.45) is 11.1 Å². The number of benzene rings is 2. The topological polar surface area (TPSA) is 101 Å². The Morgan fingerprint density at radius 3 is 2.46 bits per heavy atom. The molecular formula is C26H28N4O4S. The summed E-state index contributed by atoms with van der Waals surface area (Å²) < 4.78 is 11.2. The van der Waals surface area contributed by atoms with Crippen molar-refractivity contribution in [1.82, 2.24) is 9.80 Å². The van der Waals surface area contributed by atoms with Crippen LogP contribution in [0.1, 0.15) is 40.2 Å². The number of carbonyl (C=O) groups is 2. The highest BCUT2D eigenvalue weighted by Crippen LogP contribution is 2.41. The summed E-state index contributed by atoms with van der Waals surface area (Å²) in [7, 11) is 1.58. The zero-order valence-corrected chi connectivity index (χ0v) is 20.4. The summed E-state index contributed by atoms with van der Waals surface area (Å²) in [6, 6.07) is 14.6. The minimum atomic E-state index is -0.105. The molecule has 0 radical (unpaired) electrons. The molecule has 3 aromatic rings. The van der Waals surface area contributed by atoms with Gasteiger partial charge in [-0.2, -0.15) is 0 Å². The molecule has 2 saturated heterocycles. The van der Waals surface area contributed by atoms with E-state index in [0.29, 0.717) is 54.5 Å². The molecule has 2 amide bonds. The maximum Gasteiger partial charge on any atom is 0.289 e. The molecule has 9 heteroatoms. The Kier molecular flexibility index (Phi) is 6.10.